The Hall–Kier alpha value is -1.97. The topological polar surface area (TPSA) is 105 Å². The van der Waals surface area contributed by atoms with Crippen LogP contribution >= 0.6 is 0 Å². The number of methoxy groups -OCH3 is 1. The summed E-state index contributed by atoms with van der Waals surface area (Å²) in [6, 6.07) is 6.64. The van der Waals surface area contributed by atoms with E-state index in [0.717, 1.165) is 6.26 Å². The van der Waals surface area contributed by atoms with Crippen LogP contribution in [0.5, 0.6) is 0 Å². The van der Waals surface area contributed by atoms with E-state index in [9.17, 15) is 18.0 Å². The average Bonchev–Trinajstić information content (AvgIpc) is 2.47. The maximum absolute atomic E-state index is 11.9. The minimum atomic E-state index is -3.39. The number of benzene rings is 1. The summed E-state index contributed by atoms with van der Waals surface area (Å²) in [6.45, 7) is 1.96. The van der Waals surface area contributed by atoms with Gasteiger partial charge < -0.3 is 15.4 Å². The molecule has 0 aliphatic rings. The maximum Gasteiger partial charge on any atom is 0.225 e. The van der Waals surface area contributed by atoms with E-state index < -0.39 is 10.0 Å². The van der Waals surface area contributed by atoms with E-state index in [1.54, 1.807) is 24.3 Å². The van der Waals surface area contributed by atoms with Gasteiger partial charge in [-0.15, -0.1) is 0 Å². The van der Waals surface area contributed by atoms with Crippen LogP contribution < -0.4 is 10.6 Å². The standard InChI is InChI=1S/C15H23N3O5S/c1-12(19)16-13-4-6-14(7-5-13)17-15(20)8-9-18(10-11-23-2)24(3,21)22/h4-7H,8-11H2,1-3H3,(H,16,19)(H,17,20). The lowest BCUT2D eigenvalue weighted by Gasteiger charge is -2.19. The molecular weight excluding hydrogens is 334 g/mol. The third-order valence-corrected chi connectivity index (χ3v) is 4.39. The highest BCUT2D eigenvalue weighted by Crippen LogP contribution is 2.14. The van der Waals surface area contributed by atoms with E-state index >= 15 is 0 Å². The van der Waals surface area contributed by atoms with Gasteiger partial charge in [-0.25, -0.2) is 8.42 Å². The lowest BCUT2D eigenvalue weighted by molar-refractivity contribution is -0.116. The Morgan fingerprint density at radius 3 is 2.08 bits per heavy atom. The molecule has 0 radical (unpaired) electrons. The van der Waals surface area contributed by atoms with Gasteiger partial charge >= 0.3 is 0 Å². The molecule has 1 aromatic carbocycles. The zero-order chi connectivity index (χ0) is 18.2. The van der Waals surface area contributed by atoms with Crippen LogP contribution in [0.2, 0.25) is 0 Å². The molecule has 0 aromatic heterocycles. The summed E-state index contributed by atoms with van der Waals surface area (Å²) in [6.07, 6.45) is 1.13. The first-order valence-corrected chi connectivity index (χ1v) is 9.19. The number of anilines is 2. The normalized spacial score (nSPS) is 11.3. The van der Waals surface area contributed by atoms with Gasteiger partial charge in [0.2, 0.25) is 21.8 Å². The van der Waals surface area contributed by atoms with Crippen LogP contribution in [-0.2, 0) is 24.3 Å². The van der Waals surface area contributed by atoms with Crippen LogP contribution in [0.25, 0.3) is 0 Å². The Bertz CT molecular complexity index is 658. The molecule has 1 rings (SSSR count). The molecule has 0 aliphatic heterocycles. The first-order valence-electron chi connectivity index (χ1n) is 7.34. The zero-order valence-electron chi connectivity index (χ0n) is 14.0. The molecule has 0 spiro atoms. The predicted octanol–water partition coefficient (Wildman–Crippen LogP) is 0.882. The van der Waals surface area contributed by atoms with E-state index in [1.807, 2.05) is 0 Å². The van der Waals surface area contributed by atoms with Gasteiger partial charge in [0.05, 0.1) is 12.9 Å². The van der Waals surface area contributed by atoms with Crippen LogP contribution in [-0.4, -0.2) is 57.6 Å². The van der Waals surface area contributed by atoms with Gasteiger partial charge in [0, 0.05) is 44.9 Å². The van der Waals surface area contributed by atoms with Crippen molar-refractivity contribution in [2.45, 2.75) is 13.3 Å². The summed E-state index contributed by atoms with van der Waals surface area (Å²) in [4.78, 5) is 22.9. The van der Waals surface area contributed by atoms with Crippen LogP contribution in [0.1, 0.15) is 13.3 Å². The molecule has 2 amide bonds. The van der Waals surface area contributed by atoms with Crippen LogP contribution in [0.15, 0.2) is 24.3 Å². The number of carbonyl (C=O) groups excluding carboxylic acids is 2. The van der Waals surface area contributed by atoms with Crippen molar-refractivity contribution in [1.29, 1.82) is 0 Å². The Kier molecular flexibility index (Phi) is 7.83. The molecule has 2 N–H and O–H groups in total. The molecule has 0 saturated heterocycles. The third-order valence-electron chi connectivity index (χ3n) is 3.09. The van der Waals surface area contributed by atoms with Crippen molar-refractivity contribution in [3.63, 3.8) is 0 Å². The summed E-state index contributed by atoms with van der Waals surface area (Å²) in [5.41, 5.74) is 1.19. The smallest absolute Gasteiger partial charge is 0.225 e. The number of carbonyl (C=O) groups is 2. The summed E-state index contributed by atoms with van der Waals surface area (Å²) < 4.78 is 29.4. The van der Waals surface area contributed by atoms with E-state index in [-0.39, 0.29) is 37.9 Å². The molecule has 0 bridgehead atoms. The van der Waals surface area contributed by atoms with Gasteiger partial charge in [0.15, 0.2) is 0 Å². The van der Waals surface area contributed by atoms with Crippen molar-refractivity contribution in [1.82, 2.24) is 4.31 Å². The molecule has 24 heavy (non-hydrogen) atoms. The fraction of sp³-hybridized carbons (Fsp3) is 0.467. The number of hydrogen-bond donors (Lipinski definition) is 2. The number of hydrogen-bond acceptors (Lipinski definition) is 5. The Morgan fingerprint density at radius 2 is 1.62 bits per heavy atom. The van der Waals surface area contributed by atoms with Crippen molar-refractivity contribution in [3.05, 3.63) is 24.3 Å². The molecule has 9 heteroatoms. The maximum atomic E-state index is 11.9. The van der Waals surface area contributed by atoms with Crippen molar-refractivity contribution >= 4 is 33.2 Å². The van der Waals surface area contributed by atoms with Crippen LogP contribution in [0.4, 0.5) is 11.4 Å². The first kappa shape index (κ1) is 20.1. The summed E-state index contributed by atoms with van der Waals surface area (Å²) >= 11 is 0. The molecule has 0 aliphatic carbocycles. The monoisotopic (exact) mass is 357 g/mol. The second-order valence-corrected chi connectivity index (χ2v) is 7.19. The molecule has 1 aromatic rings. The van der Waals surface area contributed by atoms with Gasteiger partial charge in [-0.2, -0.15) is 4.31 Å². The number of rotatable bonds is 9. The van der Waals surface area contributed by atoms with E-state index in [0.29, 0.717) is 11.4 Å². The predicted molar refractivity (Wildman–Crippen MR) is 92.3 cm³/mol. The average molecular weight is 357 g/mol. The fourth-order valence-corrected chi connectivity index (χ4v) is 2.76. The lowest BCUT2D eigenvalue weighted by atomic mass is 10.2. The van der Waals surface area contributed by atoms with Gasteiger partial charge in [-0.1, -0.05) is 0 Å². The highest BCUT2D eigenvalue weighted by Gasteiger charge is 2.17. The molecule has 0 atom stereocenters. The Balaban J connectivity index is 2.54. The highest BCUT2D eigenvalue weighted by molar-refractivity contribution is 7.88. The molecule has 0 fully saturated rings. The van der Waals surface area contributed by atoms with Gasteiger partial charge in [0.25, 0.3) is 0 Å². The molecule has 8 nitrogen and oxygen atoms in total. The van der Waals surface area contributed by atoms with E-state index in [4.69, 9.17) is 4.74 Å². The number of sulfonamides is 1. The SMILES string of the molecule is COCCN(CCC(=O)Nc1ccc(NC(C)=O)cc1)S(C)(=O)=O. The highest BCUT2D eigenvalue weighted by atomic mass is 32.2. The Labute approximate surface area is 142 Å². The van der Waals surface area contributed by atoms with E-state index in [2.05, 4.69) is 10.6 Å². The minimum absolute atomic E-state index is 0.0320. The van der Waals surface area contributed by atoms with Gasteiger partial charge in [0.1, 0.15) is 0 Å². The van der Waals surface area contributed by atoms with Gasteiger partial charge in [-0.05, 0) is 24.3 Å². The molecular formula is C15H23N3O5S. The van der Waals surface area contributed by atoms with Crippen LogP contribution in [0.3, 0.4) is 0 Å². The van der Waals surface area contributed by atoms with Crippen molar-refractivity contribution in [2.24, 2.45) is 0 Å². The Morgan fingerprint density at radius 1 is 1.08 bits per heavy atom. The van der Waals surface area contributed by atoms with Crippen molar-refractivity contribution in [3.8, 4) is 0 Å². The van der Waals surface area contributed by atoms with Crippen molar-refractivity contribution in [2.75, 3.05) is 43.7 Å². The second-order valence-electron chi connectivity index (χ2n) is 5.21. The summed E-state index contributed by atoms with van der Waals surface area (Å²) in [7, 11) is -1.91. The quantitative estimate of drug-likeness (QED) is 0.683. The number of nitrogens with one attached hydrogen (secondary N) is 2. The molecule has 0 saturated carbocycles. The first-order chi connectivity index (χ1) is 11.2. The number of ether oxygens (including phenoxy) is 1. The third kappa shape index (κ3) is 7.53. The summed E-state index contributed by atoms with van der Waals surface area (Å²) in [5, 5.41) is 5.31. The van der Waals surface area contributed by atoms with Crippen molar-refractivity contribution < 1.29 is 22.7 Å². The molecule has 0 unspecified atom stereocenters. The summed E-state index contributed by atoms with van der Waals surface area (Å²) in [5.74, 6) is -0.475. The van der Waals surface area contributed by atoms with Crippen LogP contribution in [0, 0.1) is 0 Å². The lowest BCUT2D eigenvalue weighted by Crippen LogP contribution is -2.35. The molecule has 134 valence electrons. The molecule has 0 heterocycles. The second kappa shape index (κ2) is 9.36. The number of nitrogens with zero attached hydrogens (tertiary/aromatic N) is 1. The largest absolute Gasteiger partial charge is 0.383 e. The minimum Gasteiger partial charge on any atom is -0.383 e. The zero-order valence-corrected chi connectivity index (χ0v) is 14.9. The van der Waals surface area contributed by atoms with Gasteiger partial charge in [-0.3, -0.25) is 9.59 Å². The fourth-order valence-electron chi connectivity index (χ4n) is 1.93. The van der Waals surface area contributed by atoms with E-state index in [1.165, 1.54) is 18.3 Å². The number of amides is 2.